The summed E-state index contributed by atoms with van der Waals surface area (Å²) in [6.45, 7) is 10.4. The highest BCUT2D eigenvalue weighted by molar-refractivity contribution is 6.59. The number of benzene rings is 2. The maximum Gasteiger partial charge on any atom is 0.488 e. The van der Waals surface area contributed by atoms with Gasteiger partial charge in [-0.05, 0) is 41.2 Å². The van der Waals surface area contributed by atoms with Crippen molar-refractivity contribution in [2.45, 2.75) is 20.4 Å². The van der Waals surface area contributed by atoms with Gasteiger partial charge in [0, 0.05) is 13.1 Å². The molecule has 4 heteroatoms. The van der Waals surface area contributed by atoms with E-state index >= 15 is 0 Å². The maximum absolute atomic E-state index is 9.58. The number of rotatable bonds is 8. The zero-order valence-electron chi connectivity index (χ0n) is 15.0. The van der Waals surface area contributed by atoms with E-state index in [-0.39, 0.29) is 0 Å². The van der Waals surface area contributed by atoms with Crippen molar-refractivity contribution in [2.24, 2.45) is 0 Å². The van der Waals surface area contributed by atoms with Gasteiger partial charge in [-0.15, -0.1) is 0 Å². The van der Waals surface area contributed by atoms with E-state index in [9.17, 15) is 10.0 Å². The van der Waals surface area contributed by atoms with Gasteiger partial charge in [0.2, 0.25) is 0 Å². The van der Waals surface area contributed by atoms with E-state index in [2.05, 4.69) is 43.5 Å². The van der Waals surface area contributed by atoms with Crippen LogP contribution in [0.25, 0.3) is 5.57 Å². The average Bonchev–Trinajstić information content (AvgIpc) is 2.61. The smallest absolute Gasteiger partial charge is 0.423 e. The molecule has 130 valence electrons. The van der Waals surface area contributed by atoms with Crippen molar-refractivity contribution in [3.8, 4) is 0 Å². The normalized spacial score (nSPS) is 11.6. The third-order valence-corrected chi connectivity index (χ3v) is 4.38. The molecular formula is C21H26BNO2. The van der Waals surface area contributed by atoms with Crippen LogP contribution in [0.4, 0.5) is 0 Å². The molecule has 0 aliphatic rings. The van der Waals surface area contributed by atoms with Gasteiger partial charge in [0.1, 0.15) is 0 Å². The van der Waals surface area contributed by atoms with Crippen LogP contribution in [0.2, 0.25) is 0 Å². The molecule has 0 radical (unpaired) electrons. The molecule has 0 atom stereocenters. The molecule has 0 aliphatic heterocycles. The van der Waals surface area contributed by atoms with Crippen molar-refractivity contribution in [3.05, 3.63) is 84.0 Å². The lowest BCUT2D eigenvalue weighted by atomic mass is 9.77. The number of allylic oxidation sites excluding steroid dienone is 2. The zero-order valence-corrected chi connectivity index (χ0v) is 15.0. The van der Waals surface area contributed by atoms with Gasteiger partial charge in [-0.3, -0.25) is 4.90 Å². The predicted octanol–water partition coefficient (Wildman–Crippen LogP) is 2.77. The van der Waals surface area contributed by atoms with Crippen molar-refractivity contribution >= 4 is 18.2 Å². The third-order valence-electron chi connectivity index (χ3n) is 4.38. The van der Waals surface area contributed by atoms with E-state index in [1.54, 1.807) is 6.07 Å². The highest BCUT2D eigenvalue weighted by Gasteiger charge is 2.17. The summed E-state index contributed by atoms with van der Waals surface area (Å²) in [5.41, 5.74) is 5.15. The van der Waals surface area contributed by atoms with Crippen LogP contribution in [0.15, 0.2) is 67.3 Å². The van der Waals surface area contributed by atoms with Crippen LogP contribution < -0.4 is 5.46 Å². The fraction of sp³-hybridized carbons (Fsp3) is 0.238. The third kappa shape index (κ3) is 5.17. The van der Waals surface area contributed by atoms with Crippen LogP contribution in [-0.2, 0) is 6.54 Å². The first kappa shape index (κ1) is 19.2. The highest BCUT2D eigenvalue weighted by atomic mass is 16.4. The topological polar surface area (TPSA) is 43.7 Å². The Hall–Kier alpha value is -2.14. The second kappa shape index (κ2) is 9.37. The molecule has 25 heavy (non-hydrogen) atoms. The Balaban J connectivity index is 2.24. The first-order valence-corrected chi connectivity index (χ1v) is 8.60. The minimum Gasteiger partial charge on any atom is -0.423 e. The van der Waals surface area contributed by atoms with Crippen molar-refractivity contribution < 1.29 is 10.0 Å². The monoisotopic (exact) mass is 335 g/mol. The average molecular weight is 335 g/mol. The van der Waals surface area contributed by atoms with Crippen LogP contribution in [0.3, 0.4) is 0 Å². The van der Waals surface area contributed by atoms with Crippen molar-refractivity contribution in [2.75, 3.05) is 13.1 Å². The second-order valence-corrected chi connectivity index (χ2v) is 6.12. The first-order valence-electron chi connectivity index (χ1n) is 8.60. The molecule has 0 fully saturated rings. The Morgan fingerprint density at radius 1 is 1.12 bits per heavy atom. The Kier molecular flexibility index (Phi) is 7.20. The number of likely N-dealkylation sites (N-methyl/N-ethyl adjacent to an activating group) is 1. The van der Waals surface area contributed by atoms with Gasteiger partial charge in [-0.2, -0.15) is 0 Å². The summed E-state index contributed by atoms with van der Waals surface area (Å²) < 4.78 is 0. The molecule has 0 heterocycles. The molecule has 2 aromatic rings. The predicted molar refractivity (Wildman–Crippen MR) is 107 cm³/mol. The Morgan fingerprint density at radius 2 is 1.80 bits per heavy atom. The number of hydrogen-bond acceptors (Lipinski definition) is 3. The van der Waals surface area contributed by atoms with Gasteiger partial charge in [0.25, 0.3) is 0 Å². The molecule has 0 spiro atoms. The molecule has 0 aromatic heterocycles. The van der Waals surface area contributed by atoms with Gasteiger partial charge in [0.05, 0.1) is 0 Å². The summed E-state index contributed by atoms with van der Waals surface area (Å²) in [5, 5.41) is 19.2. The quantitative estimate of drug-likeness (QED) is 0.576. The number of hydrogen-bond donors (Lipinski definition) is 2. The summed E-state index contributed by atoms with van der Waals surface area (Å²) in [6.07, 6.45) is 3.87. The van der Waals surface area contributed by atoms with Crippen LogP contribution in [0.1, 0.15) is 23.6 Å². The van der Waals surface area contributed by atoms with Crippen LogP contribution in [0, 0.1) is 6.92 Å². The van der Waals surface area contributed by atoms with Gasteiger partial charge in [0.15, 0.2) is 0 Å². The molecule has 2 aromatic carbocycles. The number of aryl methyl sites for hydroxylation is 1. The maximum atomic E-state index is 9.58. The largest absolute Gasteiger partial charge is 0.488 e. The lowest BCUT2D eigenvalue weighted by Crippen LogP contribution is -2.36. The molecule has 2 N–H and O–H groups in total. The summed E-state index contributed by atoms with van der Waals surface area (Å²) in [7, 11) is -1.45. The molecule has 2 rings (SSSR count). The molecule has 0 amide bonds. The lowest BCUT2D eigenvalue weighted by molar-refractivity contribution is 0.316. The van der Waals surface area contributed by atoms with E-state index in [4.69, 9.17) is 0 Å². The van der Waals surface area contributed by atoms with E-state index in [1.165, 1.54) is 16.7 Å². The van der Waals surface area contributed by atoms with Gasteiger partial charge < -0.3 is 10.0 Å². The van der Waals surface area contributed by atoms with Gasteiger partial charge in [-0.1, -0.05) is 74.2 Å². The number of nitrogens with zero attached hydrogens (tertiary/aromatic N) is 1. The van der Waals surface area contributed by atoms with Gasteiger partial charge in [-0.25, -0.2) is 0 Å². The molecule has 0 aliphatic carbocycles. The zero-order chi connectivity index (χ0) is 18.2. The summed E-state index contributed by atoms with van der Waals surface area (Å²) >= 11 is 0. The minimum absolute atomic E-state index is 0.561. The molecule has 0 saturated heterocycles. The summed E-state index contributed by atoms with van der Waals surface area (Å²) in [5.74, 6) is 0. The Bertz CT molecular complexity index is 740. The van der Waals surface area contributed by atoms with E-state index in [0.717, 1.165) is 18.7 Å². The molecular weight excluding hydrogens is 309 g/mol. The van der Waals surface area contributed by atoms with E-state index in [1.807, 2.05) is 36.4 Å². The molecule has 0 saturated carbocycles. The van der Waals surface area contributed by atoms with Gasteiger partial charge >= 0.3 is 7.12 Å². The van der Waals surface area contributed by atoms with Crippen molar-refractivity contribution in [1.82, 2.24) is 4.90 Å². The fourth-order valence-corrected chi connectivity index (χ4v) is 2.99. The fourth-order valence-electron chi connectivity index (χ4n) is 2.99. The Morgan fingerprint density at radius 3 is 2.44 bits per heavy atom. The van der Waals surface area contributed by atoms with E-state index < -0.39 is 7.12 Å². The minimum atomic E-state index is -1.45. The van der Waals surface area contributed by atoms with Crippen LogP contribution in [0.5, 0.6) is 0 Å². The van der Waals surface area contributed by atoms with Crippen LogP contribution >= 0.6 is 0 Å². The second-order valence-electron chi connectivity index (χ2n) is 6.12. The SMILES string of the molecule is C=C/C=C(/CN(CC)Cc1ccccc1B(O)O)c1ccccc1C. The summed E-state index contributed by atoms with van der Waals surface area (Å²) in [6, 6.07) is 15.8. The molecule has 3 nitrogen and oxygen atoms in total. The Labute approximate surface area is 151 Å². The molecule has 0 bridgehead atoms. The van der Waals surface area contributed by atoms with Crippen LogP contribution in [-0.4, -0.2) is 35.2 Å². The molecule has 0 unspecified atom stereocenters. The van der Waals surface area contributed by atoms with Crippen molar-refractivity contribution in [1.29, 1.82) is 0 Å². The first-order chi connectivity index (χ1) is 12.1. The van der Waals surface area contributed by atoms with E-state index in [0.29, 0.717) is 12.0 Å². The lowest BCUT2D eigenvalue weighted by Gasteiger charge is -2.24. The summed E-state index contributed by atoms with van der Waals surface area (Å²) in [4.78, 5) is 2.28. The standard InChI is InChI=1S/C21H26BNO2/c1-4-10-18(20-13-8-6-11-17(20)3)15-23(5-2)16-19-12-7-9-14-21(19)22(24)25/h4,6-14,24-25H,1,5,15-16H2,2-3H3/b18-10-. The highest BCUT2D eigenvalue weighted by Crippen LogP contribution is 2.21. The van der Waals surface area contributed by atoms with Crippen molar-refractivity contribution in [3.63, 3.8) is 0 Å².